The lowest BCUT2D eigenvalue weighted by atomic mass is 10.1. The minimum Gasteiger partial charge on any atom is -0.407 e. The third kappa shape index (κ3) is 1.96. The summed E-state index contributed by atoms with van der Waals surface area (Å²) in [5, 5.41) is 0. The highest BCUT2D eigenvalue weighted by atomic mass is 16.4. The van der Waals surface area contributed by atoms with E-state index in [-0.39, 0.29) is 23.1 Å². The zero-order valence-electron chi connectivity index (χ0n) is 10.9. The lowest BCUT2D eigenvalue weighted by Crippen LogP contribution is -2.34. The SMILES string of the molecule is CC(C)c1ccc2oc(=O)n(C(C)C)c(=O)c2n1. The van der Waals surface area contributed by atoms with Crippen molar-refractivity contribution in [3.05, 3.63) is 38.7 Å². The van der Waals surface area contributed by atoms with E-state index in [4.69, 9.17) is 4.42 Å². The predicted octanol–water partition coefficient (Wildman–Crippen LogP) is 2.05. The van der Waals surface area contributed by atoms with Gasteiger partial charge in [-0.15, -0.1) is 0 Å². The first kappa shape index (κ1) is 12.5. The Balaban J connectivity index is 2.86. The highest BCUT2D eigenvalue weighted by Gasteiger charge is 2.14. The van der Waals surface area contributed by atoms with E-state index in [1.165, 1.54) is 0 Å². The minimum absolute atomic E-state index is 0.216. The van der Waals surface area contributed by atoms with Gasteiger partial charge in [-0.3, -0.25) is 4.79 Å². The third-order valence-electron chi connectivity index (χ3n) is 2.80. The Kier molecular flexibility index (Phi) is 3.07. The summed E-state index contributed by atoms with van der Waals surface area (Å²) in [5.41, 5.74) is 0.878. The Bertz CT molecular complexity index is 695. The first-order valence-electron chi connectivity index (χ1n) is 5.98. The van der Waals surface area contributed by atoms with Crippen molar-refractivity contribution in [1.29, 1.82) is 0 Å². The van der Waals surface area contributed by atoms with Gasteiger partial charge in [0.05, 0.1) is 0 Å². The van der Waals surface area contributed by atoms with Crippen LogP contribution in [0.1, 0.15) is 45.3 Å². The molecule has 0 saturated heterocycles. The second-order valence-corrected chi connectivity index (χ2v) is 4.87. The van der Waals surface area contributed by atoms with Gasteiger partial charge in [-0.2, -0.15) is 0 Å². The first-order chi connectivity index (χ1) is 8.41. The maximum absolute atomic E-state index is 12.2. The summed E-state index contributed by atoms with van der Waals surface area (Å²) in [5.74, 6) is -0.421. The van der Waals surface area contributed by atoms with Crippen LogP contribution in [0.5, 0.6) is 0 Å². The smallest absolute Gasteiger partial charge is 0.407 e. The van der Waals surface area contributed by atoms with Crippen molar-refractivity contribution < 1.29 is 4.42 Å². The fraction of sp³-hybridized carbons (Fsp3) is 0.462. The Hall–Kier alpha value is -1.91. The molecule has 2 aromatic heterocycles. The molecule has 0 N–H and O–H groups in total. The maximum atomic E-state index is 12.2. The summed E-state index contributed by atoms with van der Waals surface area (Å²) in [7, 11) is 0. The van der Waals surface area contributed by atoms with E-state index in [9.17, 15) is 9.59 Å². The Labute approximate surface area is 104 Å². The summed E-state index contributed by atoms with van der Waals surface area (Å²) in [6.07, 6.45) is 0. The highest BCUT2D eigenvalue weighted by Crippen LogP contribution is 2.14. The Morgan fingerprint density at radius 1 is 1.17 bits per heavy atom. The monoisotopic (exact) mass is 248 g/mol. The average Bonchev–Trinajstić information content (AvgIpc) is 2.27. The maximum Gasteiger partial charge on any atom is 0.422 e. The largest absolute Gasteiger partial charge is 0.422 e. The second kappa shape index (κ2) is 4.40. The van der Waals surface area contributed by atoms with Crippen LogP contribution in [0.25, 0.3) is 11.1 Å². The molecule has 0 aliphatic carbocycles. The summed E-state index contributed by atoms with van der Waals surface area (Å²) < 4.78 is 6.20. The molecule has 5 nitrogen and oxygen atoms in total. The van der Waals surface area contributed by atoms with Gasteiger partial charge in [0.15, 0.2) is 11.1 Å². The Morgan fingerprint density at radius 3 is 2.39 bits per heavy atom. The molecule has 2 aromatic rings. The predicted molar refractivity (Wildman–Crippen MR) is 69.0 cm³/mol. The van der Waals surface area contributed by atoms with Gasteiger partial charge in [-0.1, -0.05) is 13.8 Å². The Morgan fingerprint density at radius 2 is 1.83 bits per heavy atom. The number of pyridine rings is 1. The van der Waals surface area contributed by atoms with Crippen molar-refractivity contribution in [2.24, 2.45) is 0 Å². The van der Waals surface area contributed by atoms with Crippen LogP contribution < -0.4 is 11.3 Å². The lowest BCUT2D eigenvalue weighted by molar-refractivity contribution is 0.425. The van der Waals surface area contributed by atoms with E-state index in [0.29, 0.717) is 0 Å². The second-order valence-electron chi connectivity index (χ2n) is 4.87. The number of nitrogens with zero attached hydrogens (tertiary/aromatic N) is 2. The van der Waals surface area contributed by atoms with Crippen LogP contribution in [0.3, 0.4) is 0 Å². The topological polar surface area (TPSA) is 65.1 Å². The summed E-state index contributed by atoms with van der Waals surface area (Å²) in [4.78, 5) is 28.2. The number of hydrogen-bond acceptors (Lipinski definition) is 4. The first-order valence-corrected chi connectivity index (χ1v) is 5.98. The van der Waals surface area contributed by atoms with Crippen molar-refractivity contribution in [1.82, 2.24) is 9.55 Å². The molecule has 0 atom stereocenters. The molecule has 2 heterocycles. The lowest BCUT2D eigenvalue weighted by Gasteiger charge is -2.09. The number of fused-ring (bicyclic) bond motifs is 1. The van der Waals surface area contributed by atoms with Gasteiger partial charge in [-0.25, -0.2) is 14.3 Å². The van der Waals surface area contributed by atoms with Gasteiger partial charge < -0.3 is 4.42 Å². The molecule has 18 heavy (non-hydrogen) atoms. The zero-order valence-corrected chi connectivity index (χ0v) is 10.9. The fourth-order valence-electron chi connectivity index (χ4n) is 1.80. The zero-order chi connectivity index (χ0) is 13.4. The standard InChI is InChI=1S/C13H16N2O3/c1-7(2)9-5-6-10-11(14-9)12(16)15(8(3)4)13(17)18-10/h5-8H,1-4H3. The molecule has 2 rings (SSSR count). The van der Waals surface area contributed by atoms with Crippen LogP contribution >= 0.6 is 0 Å². The van der Waals surface area contributed by atoms with E-state index in [1.54, 1.807) is 26.0 Å². The molecule has 0 spiro atoms. The van der Waals surface area contributed by atoms with Crippen LogP contribution in [-0.2, 0) is 0 Å². The van der Waals surface area contributed by atoms with Gasteiger partial charge in [-0.05, 0) is 31.9 Å². The molecule has 0 aromatic carbocycles. The third-order valence-corrected chi connectivity index (χ3v) is 2.80. The van der Waals surface area contributed by atoms with Crippen LogP contribution in [0.15, 0.2) is 26.1 Å². The van der Waals surface area contributed by atoms with Crippen molar-refractivity contribution in [2.75, 3.05) is 0 Å². The molecular weight excluding hydrogens is 232 g/mol. The van der Waals surface area contributed by atoms with Crippen molar-refractivity contribution in [3.63, 3.8) is 0 Å². The van der Waals surface area contributed by atoms with Crippen molar-refractivity contribution in [2.45, 2.75) is 39.7 Å². The highest BCUT2D eigenvalue weighted by molar-refractivity contribution is 5.70. The van der Waals surface area contributed by atoms with Gasteiger partial charge in [0.1, 0.15) is 0 Å². The van der Waals surface area contributed by atoms with E-state index in [2.05, 4.69) is 4.98 Å². The van der Waals surface area contributed by atoms with Crippen LogP contribution in [-0.4, -0.2) is 9.55 Å². The van der Waals surface area contributed by atoms with Gasteiger partial charge >= 0.3 is 5.76 Å². The molecule has 0 radical (unpaired) electrons. The van der Waals surface area contributed by atoms with E-state index in [1.807, 2.05) is 13.8 Å². The molecule has 0 saturated carbocycles. The molecule has 96 valence electrons. The van der Waals surface area contributed by atoms with Crippen LogP contribution in [0.2, 0.25) is 0 Å². The number of aromatic nitrogens is 2. The molecule has 0 aliphatic rings. The average molecular weight is 248 g/mol. The molecule has 0 bridgehead atoms. The van der Waals surface area contributed by atoms with Crippen molar-refractivity contribution in [3.8, 4) is 0 Å². The van der Waals surface area contributed by atoms with Gasteiger partial charge in [0.2, 0.25) is 0 Å². The van der Waals surface area contributed by atoms with Crippen LogP contribution in [0.4, 0.5) is 0 Å². The molecule has 0 aliphatic heterocycles. The summed E-state index contributed by atoms with van der Waals surface area (Å²) in [6, 6.07) is 3.16. The molecule has 0 amide bonds. The quantitative estimate of drug-likeness (QED) is 0.815. The number of rotatable bonds is 2. The van der Waals surface area contributed by atoms with Gasteiger partial charge in [0.25, 0.3) is 5.56 Å². The summed E-state index contributed by atoms with van der Waals surface area (Å²) in [6.45, 7) is 7.51. The van der Waals surface area contributed by atoms with E-state index < -0.39 is 11.3 Å². The van der Waals surface area contributed by atoms with Crippen molar-refractivity contribution >= 4 is 11.1 Å². The molecule has 0 unspecified atom stereocenters. The van der Waals surface area contributed by atoms with Crippen LogP contribution in [0, 0.1) is 0 Å². The molecule has 5 heteroatoms. The molecule has 0 fully saturated rings. The summed E-state index contributed by atoms with van der Waals surface area (Å²) >= 11 is 0. The fourth-order valence-corrected chi connectivity index (χ4v) is 1.80. The normalized spacial score (nSPS) is 11.7. The van der Waals surface area contributed by atoms with E-state index >= 15 is 0 Å². The molecular formula is C13H16N2O3. The van der Waals surface area contributed by atoms with E-state index in [0.717, 1.165) is 10.3 Å². The minimum atomic E-state index is -0.637. The van der Waals surface area contributed by atoms with Gasteiger partial charge in [0, 0.05) is 11.7 Å². The number of hydrogen-bond donors (Lipinski definition) is 0.